The first-order valence-electron chi connectivity index (χ1n) is 6.50. The van der Waals surface area contributed by atoms with Gasteiger partial charge in [-0.25, -0.2) is 0 Å². The minimum atomic E-state index is -4.84. The van der Waals surface area contributed by atoms with Crippen LogP contribution in [0, 0.1) is 11.8 Å². The summed E-state index contributed by atoms with van der Waals surface area (Å²) in [4.78, 5) is 0. The average Bonchev–Trinajstić information content (AvgIpc) is 2.45. The Morgan fingerprint density at radius 1 is 1.05 bits per heavy atom. The first-order valence-corrected chi connectivity index (χ1v) is 6.50. The lowest BCUT2D eigenvalue weighted by atomic mass is 9.92. The predicted molar refractivity (Wildman–Crippen MR) is 70.7 cm³/mol. The van der Waals surface area contributed by atoms with E-state index in [4.69, 9.17) is 0 Å². The van der Waals surface area contributed by atoms with Gasteiger partial charge in [0.15, 0.2) is 0 Å². The van der Waals surface area contributed by atoms with Crippen molar-refractivity contribution in [3.63, 3.8) is 0 Å². The lowest BCUT2D eigenvalue weighted by Crippen LogP contribution is -2.41. The first-order chi connectivity index (χ1) is 9.43. The Morgan fingerprint density at radius 2 is 1.75 bits per heavy atom. The van der Waals surface area contributed by atoms with E-state index in [-0.39, 0.29) is 5.56 Å². The number of aliphatic hydroxyl groups is 1. The fourth-order valence-electron chi connectivity index (χ4n) is 2.11. The quantitative estimate of drug-likeness (QED) is 0.772. The summed E-state index contributed by atoms with van der Waals surface area (Å²) in [6.07, 6.45) is 0.480. The van der Waals surface area contributed by atoms with Gasteiger partial charge in [0.1, 0.15) is 0 Å². The van der Waals surface area contributed by atoms with E-state index < -0.39 is 11.8 Å². The Balaban J connectivity index is 2.39. The standard InChI is InChI=1S/C16H15F3O/c17-16(18,19)15(20,14-9-5-2-6-10-14)12-11-13-7-3-1-4-8-13/h2,5-7,9-10,20H,1,3-4,8H2/t15-/m1/s1. The lowest BCUT2D eigenvalue weighted by Gasteiger charge is -2.25. The molecule has 1 aromatic rings. The maximum atomic E-state index is 13.2. The molecule has 0 saturated carbocycles. The van der Waals surface area contributed by atoms with Crippen molar-refractivity contribution in [1.29, 1.82) is 0 Å². The predicted octanol–water partition coefficient (Wildman–Crippen LogP) is 3.94. The molecule has 0 fully saturated rings. The zero-order valence-corrected chi connectivity index (χ0v) is 10.9. The fraction of sp³-hybridized carbons (Fsp3) is 0.375. The van der Waals surface area contributed by atoms with Gasteiger partial charge >= 0.3 is 6.18 Å². The Hall–Kier alpha value is -1.73. The second kappa shape index (κ2) is 5.72. The van der Waals surface area contributed by atoms with Crippen LogP contribution in [-0.4, -0.2) is 11.3 Å². The highest BCUT2D eigenvalue weighted by Gasteiger charge is 2.54. The molecule has 0 unspecified atom stereocenters. The monoisotopic (exact) mass is 280 g/mol. The maximum Gasteiger partial charge on any atom is 0.433 e. The highest BCUT2D eigenvalue weighted by Crippen LogP contribution is 2.38. The zero-order valence-electron chi connectivity index (χ0n) is 10.9. The first kappa shape index (κ1) is 14.7. The number of hydrogen-bond acceptors (Lipinski definition) is 1. The van der Waals surface area contributed by atoms with Crippen LogP contribution in [0.15, 0.2) is 42.0 Å². The van der Waals surface area contributed by atoms with Gasteiger partial charge < -0.3 is 5.11 Å². The number of halogens is 3. The number of rotatable bonds is 1. The van der Waals surface area contributed by atoms with Gasteiger partial charge in [0.25, 0.3) is 0 Å². The molecule has 1 N–H and O–H groups in total. The second-order valence-corrected chi connectivity index (χ2v) is 4.80. The van der Waals surface area contributed by atoms with Crippen LogP contribution >= 0.6 is 0 Å². The van der Waals surface area contributed by atoms with Crippen molar-refractivity contribution in [1.82, 2.24) is 0 Å². The zero-order chi connectivity index (χ0) is 14.6. The summed E-state index contributed by atoms with van der Waals surface area (Å²) < 4.78 is 39.5. The third kappa shape index (κ3) is 3.05. The molecule has 0 bridgehead atoms. The second-order valence-electron chi connectivity index (χ2n) is 4.80. The number of allylic oxidation sites excluding steroid dienone is 2. The van der Waals surface area contributed by atoms with Gasteiger partial charge in [-0.05, 0) is 37.2 Å². The highest BCUT2D eigenvalue weighted by molar-refractivity contribution is 5.39. The lowest BCUT2D eigenvalue weighted by molar-refractivity contribution is -0.240. The summed E-state index contributed by atoms with van der Waals surface area (Å²) in [6, 6.07) is 6.97. The third-order valence-electron chi connectivity index (χ3n) is 3.30. The van der Waals surface area contributed by atoms with E-state index in [2.05, 4.69) is 5.92 Å². The normalized spacial score (nSPS) is 18.5. The average molecular weight is 280 g/mol. The largest absolute Gasteiger partial charge is 0.433 e. The molecule has 4 heteroatoms. The van der Waals surface area contributed by atoms with Crippen LogP contribution in [0.3, 0.4) is 0 Å². The third-order valence-corrected chi connectivity index (χ3v) is 3.30. The van der Waals surface area contributed by atoms with Crippen LogP contribution in [-0.2, 0) is 5.60 Å². The van der Waals surface area contributed by atoms with Crippen molar-refractivity contribution in [3.05, 3.63) is 47.5 Å². The van der Waals surface area contributed by atoms with Crippen molar-refractivity contribution < 1.29 is 18.3 Å². The van der Waals surface area contributed by atoms with Gasteiger partial charge in [-0.15, -0.1) is 0 Å². The van der Waals surface area contributed by atoms with E-state index in [1.807, 2.05) is 12.0 Å². The summed E-state index contributed by atoms with van der Waals surface area (Å²) >= 11 is 0. The summed E-state index contributed by atoms with van der Waals surface area (Å²) in [5, 5.41) is 10.0. The molecule has 1 aliphatic carbocycles. The van der Waals surface area contributed by atoms with Crippen molar-refractivity contribution in [3.8, 4) is 11.8 Å². The molecular formula is C16H15F3O. The molecule has 0 saturated heterocycles. The minimum absolute atomic E-state index is 0.253. The fourth-order valence-corrected chi connectivity index (χ4v) is 2.11. The van der Waals surface area contributed by atoms with Crippen molar-refractivity contribution in [2.45, 2.75) is 37.5 Å². The summed E-state index contributed by atoms with van der Waals surface area (Å²) in [6.45, 7) is 0. The van der Waals surface area contributed by atoms with E-state index in [0.29, 0.717) is 12.0 Å². The molecule has 0 aromatic heterocycles. The van der Waals surface area contributed by atoms with E-state index >= 15 is 0 Å². The van der Waals surface area contributed by atoms with Gasteiger partial charge in [-0.2, -0.15) is 13.2 Å². The SMILES string of the molecule is O[C@](C#CC1=CCCCC1)(c1ccccc1)C(F)(F)F. The molecule has 0 radical (unpaired) electrons. The smallest absolute Gasteiger partial charge is 0.366 e. The van der Waals surface area contributed by atoms with Gasteiger partial charge in [-0.3, -0.25) is 0 Å². The molecule has 0 spiro atoms. The van der Waals surface area contributed by atoms with Crippen LogP contribution < -0.4 is 0 Å². The van der Waals surface area contributed by atoms with E-state index in [1.54, 1.807) is 6.07 Å². The summed E-state index contributed by atoms with van der Waals surface area (Å²) in [7, 11) is 0. The molecule has 1 nitrogen and oxygen atoms in total. The Bertz CT molecular complexity index is 549. The Morgan fingerprint density at radius 3 is 2.30 bits per heavy atom. The molecule has 0 amide bonds. The van der Waals surface area contributed by atoms with Crippen LogP contribution in [0.2, 0.25) is 0 Å². The van der Waals surface area contributed by atoms with Crippen LogP contribution in [0.5, 0.6) is 0 Å². The van der Waals surface area contributed by atoms with Crippen LogP contribution in [0.1, 0.15) is 31.2 Å². The van der Waals surface area contributed by atoms with Crippen molar-refractivity contribution >= 4 is 0 Å². The highest BCUT2D eigenvalue weighted by atomic mass is 19.4. The van der Waals surface area contributed by atoms with Gasteiger partial charge in [0, 0.05) is 5.56 Å². The van der Waals surface area contributed by atoms with Crippen molar-refractivity contribution in [2.24, 2.45) is 0 Å². The maximum absolute atomic E-state index is 13.2. The molecule has 1 atom stereocenters. The minimum Gasteiger partial charge on any atom is -0.366 e. The van der Waals surface area contributed by atoms with Crippen LogP contribution in [0.4, 0.5) is 13.2 Å². The van der Waals surface area contributed by atoms with Crippen LogP contribution in [0.25, 0.3) is 0 Å². The molecule has 1 aromatic carbocycles. The van der Waals surface area contributed by atoms with Gasteiger partial charge in [0.2, 0.25) is 5.60 Å². The summed E-state index contributed by atoms with van der Waals surface area (Å²) in [5.74, 6) is 4.54. The van der Waals surface area contributed by atoms with Gasteiger partial charge in [0.05, 0.1) is 0 Å². The molecule has 2 rings (SSSR count). The molecule has 1 aliphatic rings. The van der Waals surface area contributed by atoms with Gasteiger partial charge in [-0.1, -0.05) is 42.3 Å². The number of hydrogen-bond donors (Lipinski definition) is 1. The Labute approximate surface area is 116 Å². The molecule has 0 heterocycles. The van der Waals surface area contributed by atoms with E-state index in [0.717, 1.165) is 19.3 Å². The molecular weight excluding hydrogens is 265 g/mol. The number of benzene rings is 1. The van der Waals surface area contributed by atoms with Crippen molar-refractivity contribution in [2.75, 3.05) is 0 Å². The topological polar surface area (TPSA) is 20.2 Å². The summed E-state index contributed by atoms with van der Waals surface area (Å²) in [5.41, 5.74) is -2.70. The van der Waals surface area contributed by atoms with E-state index in [9.17, 15) is 18.3 Å². The molecule has 106 valence electrons. The Kier molecular flexibility index (Phi) is 4.20. The number of alkyl halides is 3. The molecule has 20 heavy (non-hydrogen) atoms. The van der Waals surface area contributed by atoms with E-state index in [1.165, 1.54) is 24.3 Å². The molecule has 0 aliphatic heterocycles.